The number of benzene rings is 1. The summed E-state index contributed by atoms with van der Waals surface area (Å²) in [7, 11) is 1.37. The Balaban J connectivity index is 2.55. The van der Waals surface area contributed by atoms with Gasteiger partial charge in [-0.1, -0.05) is 0 Å². The molecule has 0 bridgehead atoms. The Kier molecular flexibility index (Phi) is 1.89. The van der Waals surface area contributed by atoms with Crippen LogP contribution in [0.3, 0.4) is 0 Å². The fourth-order valence-corrected chi connectivity index (χ4v) is 1.54. The molecule has 1 saturated carbocycles. The summed E-state index contributed by atoms with van der Waals surface area (Å²) in [6.07, 6.45) is 1.65. The van der Waals surface area contributed by atoms with Crippen molar-refractivity contribution in [2.45, 2.75) is 18.4 Å². The molecule has 4 heteroatoms. The van der Waals surface area contributed by atoms with Gasteiger partial charge in [-0.05, 0) is 25.0 Å². The van der Waals surface area contributed by atoms with Crippen molar-refractivity contribution in [1.29, 1.82) is 0 Å². The predicted octanol–water partition coefficient (Wildman–Crippen LogP) is 1.49. The normalized spacial score (nSPS) is 17.9. The summed E-state index contributed by atoms with van der Waals surface area (Å²) in [5, 5.41) is 9.15. The van der Waals surface area contributed by atoms with Crippen LogP contribution >= 0.6 is 0 Å². The number of nitrogens with two attached hydrogens (primary N) is 1. The molecule has 0 atom stereocenters. The smallest absolute Gasteiger partial charge is 0.206 e. The Labute approximate surface area is 81.3 Å². The largest absolute Gasteiger partial charge is 0.505 e. The molecule has 0 radical (unpaired) electrons. The van der Waals surface area contributed by atoms with Gasteiger partial charge in [0.15, 0.2) is 11.5 Å². The van der Waals surface area contributed by atoms with E-state index < -0.39 is 17.1 Å². The molecule has 1 aromatic carbocycles. The number of phenols is 1. The van der Waals surface area contributed by atoms with E-state index in [4.69, 9.17) is 15.6 Å². The molecule has 1 fully saturated rings. The van der Waals surface area contributed by atoms with Gasteiger partial charge in [0.1, 0.15) is 0 Å². The minimum Gasteiger partial charge on any atom is -0.505 e. The summed E-state index contributed by atoms with van der Waals surface area (Å²) >= 11 is 0. The number of hydrogen-bond acceptors (Lipinski definition) is 3. The van der Waals surface area contributed by atoms with Gasteiger partial charge in [-0.2, -0.15) is 4.39 Å². The minimum absolute atomic E-state index is 0.0602. The second-order valence-corrected chi connectivity index (χ2v) is 3.64. The van der Waals surface area contributed by atoms with Crippen molar-refractivity contribution in [2.24, 2.45) is 5.73 Å². The standard InChI is InChI=1S/C10H12FNO2/c1-14-9-6(10(12)4-5-10)2-3-7(13)8(9)11/h2-3,13H,4-5,12H2,1H3. The van der Waals surface area contributed by atoms with Crippen molar-refractivity contribution >= 4 is 0 Å². The van der Waals surface area contributed by atoms with E-state index in [1.807, 2.05) is 0 Å². The highest BCUT2D eigenvalue weighted by Gasteiger charge is 2.43. The van der Waals surface area contributed by atoms with Gasteiger partial charge >= 0.3 is 0 Å². The van der Waals surface area contributed by atoms with Crippen LogP contribution in [-0.4, -0.2) is 12.2 Å². The molecule has 0 aromatic heterocycles. The lowest BCUT2D eigenvalue weighted by molar-refractivity contribution is 0.356. The van der Waals surface area contributed by atoms with Gasteiger partial charge in [-0.25, -0.2) is 0 Å². The predicted molar refractivity (Wildman–Crippen MR) is 49.7 cm³/mol. The third-order valence-corrected chi connectivity index (χ3v) is 2.61. The molecular formula is C10H12FNO2. The number of methoxy groups -OCH3 is 1. The number of phenolic OH excluding ortho intramolecular Hbond substituents is 1. The SMILES string of the molecule is COc1c(C2(N)CC2)ccc(O)c1F. The zero-order valence-corrected chi connectivity index (χ0v) is 7.88. The Hall–Kier alpha value is -1.29. The van der Waals surface area contributed by atoms with Crippen molar-refractivity contribution in [1.82, 2.24) is 0 Å². The molecule has 0 spiro atoms. The van der Waals surface area contributed by atoms with E-state index in [9.17, 15) is 4.39 Å². The van der Waals surface area contributed by atoms with Crippen LogP contribution < -0.4 is 10.5 Å². The fraction of sp³-hybridized carbons (Fsp3) is 0.400. The van der Waals surface area contributed by atoms with Crippen LogP contribution in [0.5, 0.6) is 11.5 Å². The van der Waals surface area contributed by atoms with E-state index >= 15 is 0 Å². The van der Waals surface area contributed by atoms with Crippen LogP contribution in [0.25, 0.3) is 0 Å². The van der Waals surface area contributed by atoms with Gasteiger partial charge < -0.3 is 15.6 Å². The van der Waals surface area contributed by atoms with Gasteiger partial charge in [0.05, 0.1) is 7.11 Å². The van der Waals surface area contributed by atoms with Crippen LogP contribution in [0.15, 0.2) is 12.1 Å². The maximum Gasteiger partial charge on any atom is 0.206 e. The molecule has 1 aromatic rings. The second kappa shape index (κ2) is 2.85. The monoisotopic (exact) mass is 197 g/mol. The summed E-state index contributed by atoms with van der Waals surface area (Å²) in [4.78, 5) is 0. The van der Waals surface area contributed by atoms with Gasteiger partial charge in [-0.15, -0.1) is 0 Å². The molecule has 3 nitrogen and oxygen atoms in total. The maximum atomic E-state index is 13.4. The van der Waals surface area contributed by atoms with Gasteiger partial charge in [0.25, 0.3) is 0 Å². The van der Waals surface area contributed by atoms with Gasteiger partial charge in [0.2, 0.25) is 5.82 Å². The first-order valence-corrected chi connectivity index (χ1v) is 4.43. The van der Waals surface area contributed by atoms with E-state index in [2.05, 4.69) is 0 Å². The average Bonchev–Trinajstić information content (AvgIpc) is 2.89. The maximum absolute atomic E-state index is 13.4. The first kappa shape index (κ1) is 9.27. The summed E-state index contributed by atoms with van der Waals surface area (Å²) < 4.78 is 18.3. The summed E-state index contributed by atoms with van der Waals surface area (Å²) in [5.41, 5.74) is 6.11. The van der Waals surface area contributed by atoms with Crippen LogP contribution in [0, 0.1) is 5.82 Å². The minimum atomic E-state index is -0.735. The van der Waals surface area contributed by atoms with E-state index in [-0.39, 0.29) is 5.75 Å². The molecule has 1 aliphatic carbocycles. The second-order valence-electron chi connectivity index (χ2n) is 3.64. The van der Waals surface area contributed by atoms with Crippen molar-refractivity contribution < 1.29 is 14.2 Å². The lowest BCUT2D eigenvalue weighted by Gasteiger charge is -2.15. The number of halogens is 1. The Morgan fingerprint density at radius 3 is 2.64 bits per heavy atom. The zero-order valence-electron chi connectivity index (χ0n) is 7.88. The Bertz CT molecular complexity index is 375. The Morgan fingerprint density at radius 1 is 1.50 bits per heavy atom. The van der Waals surface area contributed by atoms with E-state index in [0.717, 1.165) is 12.8 Å². The van der Waals surface area contributed by atoms with Crippen molar-refractivity contribution in [3.63, 3.8) is 0 Å². The molecule has 0 heterocycles. The van der Waals surface area contributed by atoms with E-state index in [1.54, 1.807) is 6.07 Å². The zero-order chi connectivity index (χ0) is 10.3. The third kappa shape index (κ3) is 1.23. The van der Waals surface area contributed by atoms with Crippen molar-refractivity contribution in [2.75, 3.05) is 7.11 Å². The number of rotatable bonds is 2. The van der Waals surface area contributed by atoms with Crippen LogP contribution in [0.2, 0.25) is 0 Å². The van der Waals surface area contributed by atoms with E-state index in [0.29, 0.717) is 5.56 Å². The molecule has 1 aliphatic rings. The molecule has 3 N–H and O–H groups in total. The highest BCUT2D eigenvalue weighted by atomic mass is 19.1. The van der Waals surface area contributed by atoms with Gasteiger partial charge in [0, 0.05) is 11.1 Å². The van der Waals surface area contributed by atoms with Crippen LogP contribution in [-0.2, 0) is 5.54 Å². The number of hydrogen-bond donors (Lipinski definition) is 2. The van der Waals surface area contributed by atoms with Crippen LogP contribution in [0.1, 0.15) is 18.4 Å². The summed E-state index contributed by atoms with van der Waals surface area (Å²) in [5.74, 6) is -1.08. The lowest BCUT2D eigenvalue weighted by atomic mass is 10.0. The van der Waals surface area contributed by atoms with Crippen molar-refractivity contribution in [3.8, 4) is 11.5 Å². The molecule has 0 saturated heterocycles. The molecule has 0 unspecified atom stereocenters. The molecule has 2 rings (SSSR count). The Morgan fingerprint density at radius 2 is 2.14 bits per heavy atom. The van der Waals surface area contributed by atoms with Crippen molar-refractivity contribution in [3.05, 3.63) is 23.5 Å². The van der Waals surface area contributed by atoms with E-state index in [1.165, 1.54) is 13.2 Å². The van der Waals surface area contributed by atoms with Crippen LogP contribution in [0.4, 0.5) is 4.39 Å². The highest BCUT2D eigenvalue weighted by Crippen LogP contribution is 2.48. The molecule has 0 amide bonds. The average molecular weight is 197 g/mol. The molecular weight excluding hydrogens is 185 g/mol. The molecule has 0 aliphatic heterocycles. The van der Waals surface area contributed by atoms with Gasteiger partial charge in [-0.3, -0.25) is 0 Å². The number of ether oxygens (including phenoxy) is 1. The topological polar surface area (TPSA) is 55.5 Å². The highest BCUT2D eigenvalue weighted by molar-refractivity contribution is 5.47. The molecule has 14 heavy (non-hydrogen) atoms. The lowest BCUT2D eigenvalue weighted by Crippen LogP contribution is -2.20. The molecule has 76 valence electrons. The fourth-order valence-electron chi connectivity index (χ4n) is 1.54. The first-order chi connectivity index (χ1) is 6.58. The quantitative estimate of drug-likeness (QED) is 0.755. The summed E-state index contributed by atoms with van der Waals surface area (Å²) in [6.45, 7) is 0. The third-order valence-electron chi connectivity index (χ3n) is 2.61. The summed E-state index contributed by atoms with van der Waals surface area (Å²) in [6, 6.07) is 2.92. The number of aromatic hydroxyl groups is 1. The first-order valence-electron chi connectivity index (χ1n) is 4.43.